The van der Waals surface area contributed by atoms with Gasteiger partial charge in [0.1, 0.15) is 12.6 Å². The molecular weight excluding hydrogens is 194 g/mol. The third-order valence-corrected chi connectivity index (χ3v) is 2.33. The maximum absolute atomic E-state index is 11.4. The molecule has 0 aliphatic heterocycles. The summed E-state index contributed by atoms with van der Waals surface area (Å²) in [5, 5.41) is 3.88. The van der Waals surface area contributed by atoms with Crippen LogP contribution in [0.25, 0.3) is 0 Å². The van der Waals surface area contributed by atoms with Crippen molar-refractivity contribution in [3.63, 3.8) is 0 Å². The first-order valence-electron chi connectivity index (χ1n) is 5.16. The minimum atomic E-state index is -0.519. The van der Waals surface area contributed by atoms with Crippen molar-refractivity contribution in [1.82, 2.24) is 10.0 Å². The molecule has 0 saturated carbocycles. The smallest absolute Gasteiger partial charge is 0.323 e. The van der Waals surface area contributed by atoms with Crippen LogP contribution in [0.4, 0.5) is 0 Å². The molecule has 15 heavy (non-hydrogen) atoms. The fourth-order valence-electron chi connectivity index (χ4n) is 0.847. The van der Waals surface area contributed by atoms with Crippen LogP contribution >= 0.6 is 0 Å². The molecule has 0 fully saturated rings. The molecule has 0 saturated heterocycles. The van der Waals surface area contributed by atoms with E-state index in [0.717, 1.165) is 0 Å². The van der Waals surface area contributed by atoms with E-state index in [-0.39, 0.29) is 11.9 Å². The molecule has 0 aromatic carbocycles. The molecular formula is C10H23N3O2. The molecule has 0 aromatic rings. The number of hydrogen-bond donors (Lipinski definition) is 1. The average molecular weight is 217 g/mol. The van der Waals surface area contributed by atoms with Gasteiger partial charge in [-0.05, 0) is 5.92 Å². The van der Waals surface area contributed by atoms with Gasteiger partial charge >= 0.3 is 5.97 Å². The second-order valence-electron chi connectivity index (χ2n) is 4.17. The van der Waals surface area contributed by atoms with E-state index in [4.69, 9.17) is 10.5 Å². The molecule has 5 nitrogen and oxygen atoms in total. The Kier molecular flexibility index (Phi) is 6.47. The van der Waals surface area contributed by atoms with E-state index in [1.165, 1.54) is 0 Å². The third kappa shape index (κ3) is 5.71. The first-order chi connectivity index (χ1) is 6.86. The van der Waals surface area contributed by atoms with Gasteiger partial charge in [-0.1, -0.05) is 13.8 Å². The van der Waals surface area contributed by atoms with E-state index in [2.05, 4.69) is 0 Å². The summed E-state index contributed by atoms with van der Waals surface area (Å²) in [4.78, 5) is 11.4. The molecule has 0 heterocycles. The fourth-order valence-corrected chi connectivity index (χ4v) is 0.847. The number of esters is 1. The molecule has 90 valence electrons. The Balaban J connectivity index is 3.73. The van der Waals surface area contributed by atoms with Crippen LogP contribution in [0.15, 0.2) is 0 Å². The lowest BCUT2D eigenvalue weighted by atomic mass is 10.1. The summed E-state index contributed by atoms with van der Waals surface area (Å²) in [6, 6.07) is -0.519. The summed E-state index contributed by atoms with van der Waals surface area (Å²) in [6.07, 6.45) is 0. The van der Waals surface area contributed by atoms with Gasteiger partial charge in [-0.25, -0.2) is 10.0 Å². The molecule has 0 aliphatic carbocycles. The number of carbonyl (C=O) groups is 1. The summed E-state index contributed by atoms with van der Waals surface area (Å²) in [6.45, 7) is 4.84. The largest absolute Gasteiger partial charge is 0.463 e. The van der Waals surface area contributed by atoms with Crippen molar-refractivity contribution < 1.29 is 9.53 Å². The molecule has 2 N–H and O–H groups in total. The molecule has 0 aliphatic rings. The van der Waals surface area contributed by atoms with E-state index in [0.29, 0.717) is 13.2 Å². The van der Waals surface area contributed by atoms with Gasteiger partial charge in [0.15, 0.2) is 0 Å². The molecule has 5 heteroatoms. The van der Waals surface area contributed by atoms with Crippen LogP contribution in [0.2, 0.25) is 0 Å². The second kappa shape index (κ2) is 6.76. The monoisotopic (exact) mass is 217 g/mol. The van der Waals surface area contributed by atoms with Crippen LogP contribution in [0.3, 0.4) is 0 Å². The Labute approximate surface area is 92.1 Å². The number of hydrogen-bond acceptors (Lipinski definition) is 5. The standard InChI is InChI=1S/C10H23N3O2/c1-8(2)9(11)10(14)15-7-6-13(5)12(3)4/h8-9H,6-7,11H2,1-5H3/t9-/m0/s1. The van der Waals surface area contributed by atoms with Gasteiger partial charge in [0.05, 0.1) is 0 Å². The number of nitrogens with two attached hydrogens (primary N) is 1. The quantitative estimate of drug-likeness (QED) is 0.498. The Morgan fingerprint density at radius 3 is 2.27 bits per heavy atom. The van der Waals surface area contributed by atoms with E-state index >= 15 is 0 Å². The zero-order valence-electron chi connectivity index (χ0n) is 10.4. The van der Waals surface area contributed by atoms with E-state index < -0.39 is 6.04 Å². The minimum Gasteiger partial charge on any atom is -0.463 e. The fraction of sp³-hybridized carbons (Fsp3) is 0.900. The number of ether oxygens (including phenoxy) is 1. The molecule has 0 bridgehead atoms. The number of carbonyl (C=O) groups excluding carboxylic acids is 1. The highest BCUT2D eigenvalue weighted by atomic mass is 16.5. The van der Waals surface area contributed by atoms with E-state index in [9.17, 15) is 4.79 Å². The third-order valence-electron chi connectivity index (χ3n) is 2.33. The first kappa shape index (κ1) is 14.3. The van der Waals surface area contributed by atoms with Crippen LogP contribution in [0.5, 0.6) is 0 Å². The number of hydrazine groups is 1. The van der Waals surface area contributed by atoms with Gasteiger partial charge in [0.2, 0.25) is 0 Å². The summed E-state index contributed by atoms with van der Waals surface area (Å²) >= 11 is 0. The molecule has 0 aromatic heterocycles. The van der Waals surface area contributed by atoms with Crippen molar-refractivity contribution in [2.45, 2.75) is 19.9 Å². The Morgan fingerprint density at radius 1 is 1.33 bits per heavy atom. The molecule has 0 spiro atoms. The van der Waals surface area contributed by atoms with Gasteiger partial charge in [0, 0.05) is 27.7 Å². The zero-order chi connectivity index (χ0) is 12.0. The van der Waals surface area contributed by atoms with Crippen LogP contribution in [0.1, 0.15) is 13.8 Å². The highest BCUT2D eigenvalue weighted by molar-refractivity contribution is 5.75. The predicted octanol–water partition coefficient (Wildman–Crippen LogP) is -0.0787. The number of nitrogens with zero attached hydrogens (tertiary/aromatic N) is 2. The lowest BCUT2D eigenvalue weighted by Crippen LogP contribution is -2.40. The van der Waals surface area contributed by atoms with Gasteiger partial charge in [-0.3, -0.25) is 4.79 Å². The second-order valence-corrected chi connectivity index (χ2v) is 4.17. The SMILES string of the molecule is CC(C)[C@H](N)C(=O)OCCN(C)N(C)C. The van der Waals surface area contributed by atoms with E-state index in [1.807, 2.05) is 45.0 Å². The topological polar surface area (TPSA) is 58.8 Å². The molecule has 0 amide bonds. The Hall–Kier alpha value is -0.650. The Bertz CT molecular complexity index is 195. The highest BCUT2D eigenvalue weighted by Gasteiger charge is 2.18. The van der Waals surface area contributed by atoms with Gasteiger partial charge in [-0.2, -0.15) is 0 Å². The number of likely N-dealkylation sites (N-methyl/N-ethyl adjacent to an activating group) is 1. The average Bonchev–Trinajstić information content (AvgIpc) is 2.15. The highest BCUT2D eigenvalue weighted by Crippen LogP contribution is 2.00. The van der Waals surface area contributed by atoms with Gasteiger partial charge in [0.25, 0.3) is 0 Å². The number of rotatable bonds is 6. The normalized spacial score (nSPS) is 13.7. The molecule has 0 rings (SSSR count). The van der Waals surface area contributed by atoms with Crippen molar-refractivity contribution >= 4 is 5.97 Å². The van der Waals surface area contributed by atoms with E-state index in [1.54, 1.807) is 0 Å². The van der Waals surface area contributed by atoms with Crippen LogP contribution in [0, 0.1) is 5.92 Å². The lowest BCUT2D eigenvalue weighted by molar-refractivity contribution is -0.147. The van der Waals surface area contributed by atoms with Crippen molar-refractivity contribution in [1.29, 1.82) is 0 Å². The van der Waals surface area contributed by atoms with Crippen molar-refractivity contribution in [3.8, 4) is 0 Å². The van der Waals surface area contributed by atoms with Crippen LogP contribution in [-0.4, -0.2) is 56.3 Å². The van der Waals surface area contributed by atoms with Crippen molar-refractivity contribution in [2.75, 3.05) is 34.3 Å². The molecule has 1 atom stereocenters. The maximum atomic E-state index is 11.4. The van der Waals surface area contributed by atoms with Crippen molar-refractivity contribution in [2.24, 2.45) is 11.7 Å². The molecule has 0 unspecified atom stereocenters. The summed E-state index contributed by atoms with van der Waals surface area (Å²) < 4.78 is 5.05. The zero-order valence-corrected chi connectivity index (χ0v) is 10.4. The summed E-state index contributed by atoms with van der Waals surface area (Å²) in [5.41, 5.74) is 5.64. The maximum Gasteiger partial charge on any atom is 0.323 e. The van der Waals surface area contributed by atoms with Crippen LogP contribution in [-0.2, 0) is 9.53 Å². The first-order valence-corrected chi connectivity index (χ1v) is 5.16. The Morgan fingerprint density at radius 2 is 1.87 bits per heavy atom. The summed E-state index contributed by atoms with van der Waals surface area (Å²) in [7, 11) is 5.79. The minimum absolute atomic E-state index is 0.115. The molecule has 0 radical (unpaired) electrons. The van der Waals surface area contributed by atoms with Crippen molar-refractivity contribution in [3.05, 3.63) is 0 Å². The van der Waals surface area contributed by atoms with Gasteiger partial charge < -0.3 is 10.5 Å². The van der Waals surface area contributed by atoms with Gasteiger partial charge in [-0.15, -0.1) is 0 Å². The lowest BCUT2D eigenvalue weighted by Gasteiger charge is -2.24. The predicted molar refractivity (Wildman–Crippen MR) is 60.1 cm³/mol. The summed E-state index contributed by atoms with van der Waals surface area (Å²) in [5.74, 6) is -0.207. The van der Waals surface area contributed by atoms with Crippen LogP contribution < -0.4 is 5.73 Å².